The minimum atomic E-state index is -1.51. The number of phenolic OH excluding ortho intramolecular Hbond substituents is 1. The average Bonchev–Trinajstić information content (AvgIpc) is 3.00. The van der Waals surface area contributed by atoms with Crippen molar-refractivity contribution < 1.29 is 63.7 Å². The molecule has 10 nitrogen and oxygen atoms in total. The molecule has 3 amide bonds. The Morgan fingerprint density at radius 3 is 2.53 bits per heavy atom. The number of carbonyl (C=O) groups is 4. The Labute approximate surface area is 193 Å². The molecule has 2 N–H and O–H groups in total. The smallest absolute Gasteiger partial charge is 0.543 e. The fourth-order valence-corrected chi connectivity index (χ4v) is 4.32. The van der Waals surface area contributed by atoms with E-state index in [1.165, 1.54) is 36.1 Å². The Bertz CT molecular complexity index is 946. The summed E-state index contributed by atoms with van der Waals surface area (Å²) in [6.45, 7) is 1.22. The van der Waals surface area contributed by atoms with Crippen LogP contribution in [0.2, 0.25) is 0 Å². The van der Waals surface area contributed by atoms with Crippen LogP contribution < -0.4 is 40.0 Å². The van der Waals surface area contributed by atoms with Gasteiger partial charge in [0.25, 0.3) is 5.91 Å². The van der Waals surface area contributed by atoms with Crippen LogP contribution in [0.5, 0.6) is 5.75 Å². The summed E-state index contributed by atoms with van der Waals surface area (Å²) in [5.41, 5.74) is 0.539. The molecule has 0 radical (unpaired) electrons. The Kier molecular flexibility index (Phi) is 6.11. The number of carboxylic acid groups (broad SMARTS) is 1. The molecule has 0 aliphatic carbocycles. The number of phenols is 1. The van der Waals surface area contributed by atoms with Gasteiger partial charge < -0.3 is 34.9 Å². The number of amides is 3. The number of carbonyl (C=O) groups excluding carboxylic acids is 4. The number of hydrogen-bond donors (Lipinski definition) is 2. The molecule has 152 valence electrons. The molecule has 1 unspecified atom stereocenters. The Hall–Kier alpha value is -2.56. The van der Waals surface area contributed by atoms with Crippen LogP contribution >= 0.6 is 0 Å². The zero-order chi connectivity index (χ0) is 20.9. The summed E-state index contributed by atoms with van der Waals surface area (Å²) in [6.07, 6.45) is 0.418. The number of nitrogens with zero attached hydrogens (tertiary/aromatic N) is 2. The van der Waals surface area contributed by atoms with Gasteiger partial charge in [-0.05, 0) is 36.3 Å². The van der Waals surface area contributed by atoms with E-state index in [-0.39, 0.29) is 60.1 Å². The van der Waals surface area contributed by atoms with Gasteiger partial charge in [-0.2, -0.15) is 0 Å². The van der Waals surface area contributed by atoms with Crippen LogP contribution in [0.3, 0.4) is 0 Å². The number of rotatable bonds is 4. The Morgan fingerprint density at radius 2 is 1.93 bits per heavy atom. The number of likely N-dealkylation sites (tertiary alicyclic amines) is 1. The van der Waals surface area contributed by atoms with Crippen molar-refractivity contribution in [2.45, 2.75) is 25.4 Å². The first-order chi connectivity index (χ1) is 13.8. The third-order valence-electron chi connectivity index (χ3n) is 5.54. The second-order valence-electron chi connectivity index (χ2n) is 7.15. The van der Waals surface area contributed by atoms with Gasteiger partial charge in [0.15, 0.2) is 0 Å². The maximum Gasteiger partial charge on any atom is 1.00 e. The van der Waals surface area contributed by atoms with Crippen LogP contribution in [0.4, 0.5) is 10.5 Å². The average molecular weight is 423 g/mol. The number of esters is 1. The van der Waals surface area contributed by atoms with E-state index in [4.69, 9.17) is 4.74 Å². The number of ether oxygens (including phenoxy) is 1. The van der Waals surface area contributed by atoms with Gasteiger partial charge in [0, 0.05) is 25.1 Å². The van der Waals surface area contributed by atoms with Crippen LogP contribution in [0.1, 0.15) is 13.3 Å². The molecular formula is C19H18N3NaO7. The summed E-state index contributed by atoms with van der Waals surface area (Å²) in [4.78, 5) is 50.7. The molecule has 3 heterocycles. The summed E-state index contributed by atoms with van der Waals surface area (Å²) in [5.74, 6) is -2.83. The molecular weight excluding hydrogens is 405 g/mol. The first kappa shape index (κ1) is 22.1. The number of aromatic hydroxyl groups is 1. The van der Waals surface area contributed by atoms with Gasteiger partial charge >= 0.3 is 41.6 Å². The van der Waals surface area contributed by atoms with E-state index in [9.17, 15) is 29.4 Å². The van der Waals surface area contributed by atoms with Gasteiger partial charge in [-0.15, -0.1) is 0 Å². The van der Waals surface area contributed by atoms with Gasteiger partial charge in [0.2, 0.25) is 0 Å². The van der Waals surface area contributed by atoms with E-state index >= 15 is 0 Å². The molecule has 3 aliphatic rings. The molecule has 1 aromatic rings. The molecule has 30 heavy (non-hydrogen) atoms. The fraction of sp³-hybridized carbons (Fsp3) is 0.368. The van der Waals surface area contributed by atoms with Crippen LogP contribution in [-0.4, -0.2) is 64.0 Å². The molecule has 11 heteroatoms. The monoisotopic (exact) mass is 423 g/mol. The van der Waals surface area contributed by atoms with Gasteiger partial charge in [-0.25, -0.2) is 4.79 Å². The molecule has 4 rings (SSSR count). The summed E-state index contributed by atoms with van der Waals surface area (Å²) in [5, 5.41) is 23.7. The molecule has 2 fully saturated rings. The number of piperidine rings is 1. The zero-order valence-electron chi connectivity index (χ0n) is 16.5. The summed E-state index contributed by atoms with van der Waals surface area (Å²) < 4.78 is 4.98. The second-order valence-corrected chi connectivity index (χ2v) is 7.15. The van der Waals surface area contributed by atoms with E-state index in [1.807, 2.05) is 0 Å². The van der Waals surface area contributed by atoms with Crippen LogP contribution in [0.15, 0.2) is 35.5 Å². The van der Waals surface area contributed by atoms with E-state index < -0.39 is 36.0 Å². The van der Waals surface area contributed by atoms with Gasteiger partial charge in [0.1, 0.15) is 18.4 Å². The number of urea groups is 1. The SMILES string of the molecule is CC(=O)OCC1=C(C(=O)[O-])N2C(=O)[C@@H]3[C@H]2C1CCN3C(=O)Nc1ccc(O)cc1.[Na+]. The third-order valence-corrected chi connectivity index (χ3v) is 5.54. The van der Waals surface area contributed by atoms with Crippen molar-refractivity contribution in [3.63, 3.8) is 0 Å². The summed E-state index contributed by atoms with van der Waals surface area (Å²) >= 11 is 0. The van der Waals surface area contributed by atoms with Gasteiger partial charge in [0.05, 0.1) is 17.7 Å². The van der Waals surface area contributed by atoms with Crippen molar-refractivity contribution in [2.75, 3.05) is 18.5 Å². The maximum absolute atomic E-state index is 12.7. The molecule has 2 saturated heterocycles. The van der Waals surface area contributed by atoms with E-state index in [2.05, 4.69) is 5.32 Å². The minimum Gasteiger partial charge on any atom is -0.543 e. The first-order valence-electron chi connectivity index (χ1n) is 9.07. The van der Waals surface area contributed by atoms with Gasteiger partial charge in [-0.1, -0.05) is 0 Å². The standard InChI is InChI=1S/C19H19N3O7.Na/c1-9(23)29-8-13-12-6-7-21(19(28)20-10-2-4-11(24)5-3-10)16-14(12)22(17(16)25)15(13)18(26)27;/h2-5,12,14,16,24H,6-8H2,1H3,(H,20,28)(H,26,27);/q;+1/p-1/t12?,14-,16+;/m1./s1. The van der Waals surface area contributed by atoms with Crippen molar-refractivity contribution in [3.05, 3.63) is 35.5 Å². The predicted octanol–water partition coefficient (Wildman–Crippen LogP) is -3.59. The molecule has 1 aromatic carbocycles. The number of anilines is 1. The van der Waals surface area contributed by atoms with E-state index in [1.54, 1.807) is 0 Å². The first-order valence-corrected chi connectivity index (χ1v) is 9.07. The minimum absolute atomic E-state index is 0. The third kappa shape index (κ3) is 3.55. The maximum atomic E-state index is 12.7. The van der Waals surface area contributed by atoms with Crippen LogP contribution in [0.25, 0.3) is 0 Å². The number of aliphatic carboxylic acids is 1. The van der Waals surface area contributed by atoms with Crippen LogP contribution in [-0.2, 0) is 19.1 Å². The number of benzene rings is 1. The van der Waals surface area contributed by atoms with E-state index in [0.717, 1.165) is 4.90 Å². The van der Waals surface area contributed by atoms with Crippen molar-refractivity contribution in [2.24, 2.45) is 5.92 Å². The number of carboxylic acids is 1. The normalized spacial score (nSPS) is 23.9. The quantitative estimate of drug-likeness (QED) is 0.221. The van der Waals surface area contributed by atoms with Crippen LogP contribution in [0, 0.1) is 5.92 Å². The van der Waals surface area contributed by atoms with Crippen molar-refractivity contribution in [1.82, 2.24) is 9.80 Å². The number of hydrogen-bond acceptors (Lipinski definition) is 7. The molecule has 0 spiro atoms. The van der Waals surface area contributed by atoms with E-state index in [0.29, 0.717) is 17.7 Å². The summed E-state index contributed by atoms with van der Waals surface area (Å²) in [7, 11) is 0. The molecule has 0 saturated carbocycles. The molecule has 3 atom stereocenters. The molecule has 0 bridgehead atoms. The zero-order valence-corrected chi connectivity index (χ0v) is 18.5. The largest absolute Gasteiger partial charge is 1.00 e. The van der Waals surface area contributed by atoms with Crippen molar-refractivity contribution >= 4 is 29.6 Å². The topological polar surface area (TPSA) is 139 Å². The number of nitrogens with one attached hydrogen (secondary N) is 1. The van der Waals surface area contributed by atoms with Crippen molar-refractivity contribution in [3.8, 4) is 5.75 Å². The molecule has 0 aromatic heterocycles. The molecule has 3 aliphatic heterocycles. The fourth-order valence-electron chi connectivity index (χ4n) is 4.32. The second kappa shape index (κ2) is 8.29. The van der Waals surface area contributed by atoms with Gasteiger partial charge in [-0.3, -0.25) is 9.59 Å². The summed E-state index contributed by atoms with van der Waals surface area (Å²) in [6, 6.07) is 4.10. The Balaban J connectivity index is 0.00000256. The van der Waals surface area contributed by atoms with Crippen molar-refractivity contribution in [1.29, 1.82) is 0 Å². The Morgan fingerprint density at radius 1 is 1.27 bits per heavy atom. The predicted molar refractivity (Wildman–Crippen MR) is 95.0 cm³/mol. The number of β-lactam (4-membered cyclic amide) rings is 1.